The Morgan fingerprint density at radius 1 is 1.35 bits per heavy atom. The highest BCUT2D eigenvalue weighted by Gasteiger charge is 1.98. The van der Waals surface area contributed by atoms with Crippen molar-refractivity contribution in [2.24, 2.45) is 5.10 Å². The van der Waals surface area contributed by atoms with Crippen LogP contribution in [0.3, 0.4) is 0 Å². The maximum atomic E-state index is 11.4. The standard InChI is InChI=1S/C13H16N2O2/c1-10(2)14-15-13(16)9-8-11-6-4-5-7-12(11)17-3/h4-9H,1-3H3,(H,15,16)/b9-8+. The average molecular weight is 232 g/mol. The molecule has 1 aromatic rings. The van der Waals surface area contributed by atoms with E-state index in [-0.39, 0.29) is 5.91 Å². The molecule has 0 unspecified atom stereocenters. The number of carbonyl (C=O) groups is 1. The molecule has 1 rings (SSSR count). The number of methoxy groups -OCH3 is 1. The molecule has 17 heavy (non-hydrogen) atoms. The van der Waals surface area contributed by atoms with E-state index in [1.807, 2.05) is 38.1 Å². The van der Waals surface area contributed by atoms with Crippen molar-refractivity contribution < 1.29 is 9.53 Å². The molecular formula is C13H16N2O2. The maximum absolute atomic E-state index is 11.4. The minimum Gasteiger partial charge on any atom is -0.496 e. The highest BCUT2D eigenvalue weighted by molar-refractivity contribution is 5.93. The molecule has 4 heteroatoms. The van der Waals surface area contributed by atoms with Crippen LogP contribution < -0.4 is 10.2 Å². The summed E-state index contributed by atoms with van der Waals surface area (Å²) < 4.78 is 5.17. The Bertz CT molecular complexity index is 446. The Morgan fingerprint density at radius 2 is 2.06 bits per heavy atom. The van der Waals surface area contributed by atoms with Gasteiger partial charge >= 0.3 is 0 Å². The fraction of sp³-hybridized carbons (Fsp3) is 0.231. The number of rotatable bonds is 4. The highest BCUT2D eigenvalue weighted by atomic mass is 16.5. The van der Waals surface area contributed by atoms with Gasteiger partial charge in [-0.05, 0) is 26.0 Å². The minimum absolute atomic E-state index is 0.267. The SMILES string of the molecule is COc1ccccc1/C=C/C(=O)NN=C(C)C. The first kappa shape index (κ1) is 13.0. The summed E-state index contributed by atoms with van der Waals surface area (Å²) in [6.07, 6.45) is 3.11. The van der Waals surface area contributed by atoms with E-state index in [0.29, 0.717) is 0 Å². The summed E-state index contributed by atoms with van der Waals surface area (Å²) in [5, 5.41) is 3.81. The molecule has 0 aliphatic heterocycles. The molecule has 0 aliphatic rings. The van der Waals surface area contributed by atoms with Gasteiger partial charge in [0.25, 0.3) is 5.91 Å². The number of hydrazone groups is 1. The molecule has 4 nitrogen and oxygen atoms in total. The minimum atomic E-state index is -0.267. The first-order chi connectivity index (χ1) is 8.13. The normalized spacial score (nSPS) is 10.1. The smallest absolute Gasteiger partial charge is 0.264 e. The van der Waals surface area contributed by atoms with Crippen LogP contribution in [0.15, 0.2) is 35.4 Å². The van der Waals surface area contributed by atoms with Gasteiger partial charge in [-0.25, -0.2) is 5.43 Å². The van der Waals surface area contributed by atoms with Gasteiger partial charge in [0.05, 0.1) is 7.11 Å². The third-order valence-corrected chi connectivity index (χ3v) is 1.94. The van der Waals surface area contributed by atoms with Gasteiger partial charge in [-0.1, -0.05) is 18.2 Å². The zero-order valence-electron chi connectivity index (χ0n) is 10.2. The van der Waals surface area contributed by atoms with Gasteiger partial charge < -0.3 is 4.74 Å². The Morgan fingerprint density at radius 3 is 2.71 bits per heavy atom. The topological polar surface area (TPSA) is 50.7 Å². The summed E-state index contributed by atoms with van der Waals surface area (Å²) in [5.74, 6) is 0.462. The molecule has 0 spiro atoms. The van der Waals surface area contributed by atoms with Crippen molar-refractivity contribution in [1.29, 1.82) is 0 Å². The van der Waals surface area contributed by atoms with Crippen molar-refractivity contribution >= 4 is 17.7 Å². The molecule has 1 N–H and O–H groups in total. The summed E-state index contributed by atoms with van der Waals surface area (Å²) in [7, 11) is 1.59. The van der Waals surface area contributed by atoms with Crippen molar-refractivity contribution in [3.8, 4) is 5.75 Å². The number of hydrogen-bond donors (Lipinski definition) is 1. The van der Waals surface area contributed by atoms with Crippen LogP contribution in [0.5, 0.6) is 5.75 Å². The molecule has 0 fully saturated rings. The van der Waals surface area contributed by atoms with Crippen LogP contribution in [0, 0.1) is 0 Å². The summed E-state index contributed by atoms with van der Waals surface area (Å²) >= 11 is 0. The molecule has 1 amide bonds. The monoisotopic (exact) mass is 232 g/mol. The van der Waals surface area contributed by atoms with E-state index in [1.165, 1.54) is 6.08 Å². The predicted octanol–water partition coefficient (Wildman–Crippen LogP) is 2.22. The molecular weight excluding hydrogens is 216 g/mol. The number of amides is 1. The Balaban J connectivity index is 2.70. The predicted molar refractivity (Wildman–Crippen MR) is 69.0 cm³/mol. The number of hydrogen-bond acceptors (Lipinski definition) is 3. The molecule has 0 bridgehead atoms. The number of nitrogens with zero attached hydrogens (tertiary/aromatic N) is 1. The third-order valence-electron chi connectivity index (χ3n) is 1.94. The lowest BCUT2D eigenvalue weighted by Gasteiger charge is -2.02. The number of benzene rings is 1. The van der Waals surface area contributed by atoms with E-state index in [2.05, 4.69) is 10.5 Å². The molecule has 0 saturated heterocycles. The molecule has 0 heterocycles. The van der Waals surface area contributed by atoms with E-state index >= 15 is 0 Å². The third kappa shape index (κ3) is 4.51. The maximum Gasteiger partial charge on any atom is 0.264 e. The van der Waals surface area contributed by atoms with Crippen molar-refractivity contribution in [3.63, 3.8) is 0 Å². The fourth-order valence-electron chi connectivity index (χ4n) is 1.17. The number of para-hydroxylation sites is 1. The lowest BCUT2D eigenvalue weighted by Crippen LogP contribution is -2.15. The molecule has 0 atom stereocenters. The van der Waals surface area contributed by atoms with Crippen LogP contribution in [0.25, 0.3) is 6.08 Å². The molecule has 0 saturated carbocycles. The van der Waals surface area contributed by atoms with Crippen molar-refractivity contribution in [2.75, 3.05) is 7.11 Å². The first-order valence-corrected chi connectivity index (χ1v) is 5.25. The molecule has 90 valence electrons. The fourth-order valence-corrected chi connectivity index (χ4v) is 1.17. The number of carbonyl (C=O) groups excluding carboxylic acids is 1. The van der Waals surface area contributed by atoms with Crippen LogP contribution >= 0.6 is 0 Å². The second-order valence-electron chi connectivity index (χ2n) is 3.61. The van der Waals surface area contributed by atoms with Gasteiger partial charge in [-0.2, -0.15) is 5.10 Å². The highest BCUT2D eigenvalue weighted by Crippen LogP contribution is 2.18. The van der Waals surface area contributed by atoms with Crippen LogP contribution in [-0.2, 0) is 4.79 Å². The van der Waals surface area contributed by atoms with Gasteiger partial charge in [-0.15, -0.1) is 0 Å². The van der Waals surface area contributed by atoms with Gasteiger partial charge in [0, 0.05) is 17.4 Å². The number of ether oxygens (including phenoxy) is 1. The van der Waals surface area contributed by atoms with Gasteiger partial charge in [0.2, 0.25) is 0 Å². The van der Waals surface area contributed by atoms with E-state index in [1.54, 1.807) is 13.2 Å². The first-order valence-electron chi connectivity index (χ1n) is 5.25. The second-order valence-corrected chi connectivity index (χ2v) is 3.61. The summed E-state index contributed by atoms with van der Waals surface area (Å²) in [6.45, 7) is 3.62. The number of nitrogens with one attached hydrogen (secondary N) is 1. The van der Waals surface area contributed by atoms with E-state index in [0.717, 1.165) is 17.0 Å². The average Bonchev–Trinajstić information content (AvgIpc) is 2.34. The lowest BCUT2D eigenvalue weighted by atomic mass is 10.2. The van der Waals surface area contributed by atoms with Crippen LogP contribution in [0.4, 0.5) is 0 Å². The summed E-state index contributed by atoms with van der Waals surface area (Å²) in [5.41, 5.74) is 4.06. The Hall–Kier alpha value is -2.10. The van der Waals surface area contributed by atoms with Gasteiger partial charge in [0.15, 0.2) is 0 Å². The van der Waals surface area contributed by atoms with Crippen LogP contribution in [0.1, 0.15) is 19.4 Å². The zero-order chi connectivity index (χ0) is 12.7. The summed E-state index contributed by atoms with van der Waals surface area (Å²) in [4.78, 5) is 11.4. The Kier molecular flexibility index (Phi) is 4.94. The van der Waals surface area contributed by atoms with Crippen LogP contribution in [-0.4, -0.2) is 18.7 Å². The van der Waals surface area contributed by atoms with E-state index in [9.17, 15) is 4.79 Å². The van der Waals surface area contributed by atoms with Crippen LogP contribution in [0.2, 0.25) is 0 Å². The molecule has 1 aromatic carbocycles. The Labute approximate surface area is 101 Å². The van der Waals surface area contributed by atoms with Crippen molar-refractivity contribution in [3.05, 3.63) is 35.9 Å². The quantitative estimate of drug-likeness (QED) is 0.491. The van der Waals surface area contributed by atoms with Crippen molar-refractivity contribution in [1.82, 2.24) is 5.43 Å². The van der Waals surface area contributed by atoms with Crippen molar-refractivity contribution in [2.45, 2.75) is 13.8 Å². The molecule has 0 aromatic heterocycles. The second kappa shape index (κ2) is 6.48. The molecule has 0 radical (unpaired) electrons. The van der Waals surface area contributed by atoms with E-state index in [4.69, 9.17) is 4.74 Å². The zero-order valence-corrected chi connectivity index (χ0v) is 10.2. The van der Waals surface area contributed by atoms with Gasteiger partial charge in [-0.3, -0.25) is 4.79 Å². The summed E-state index contributed by atoms with van der Waals surface area (Å²) in [6, 6.07) is 7.47. The lowest BCUT2D eigenvalue weighted by molar-refractivity contribution is -0.116. The van der Waals surface area contributed by atoms with E-state index < -0.39 is 0 Å². The largest absolute Gasteiger partial charge is 0.496 e. The molecule has 0 aliphatic carbocycles. The van der Waals surface area contributed by atoms with Gasteiger partial charge in [0.1, 0.15) is 5.75 Å².